The fourth-order valence-electron chi connectivity index (χ4n) is 5.35. The molecule has 3 aromatic heterocycles. The minimum absolute atomic E-state index is 0.0323. The monoisotopic (exact) mass is 488 g/mol. The molecule has 3 fully saturated rings. The lowest BCUT2D eigenvalue weighted by Gasteiger charge is -2.27. The summed E-state index contributed by atoms with van der Waals surface area (Å²) in [6.45, 7) is 3.66. The van der Waals surface area contributed by atoms with Gasteiger partial charge in [-0.2, -0.15) is 9.47 Å². The number of rotatable bonds is 5. The first kappa shape index (κ1) is 21.8. The summed E-state index contributed by atoms with van der Waals surface area (Å²) in [5.74, 6) is 0.866. The fraction of sp³-hybridized carbons (Fsp3) is 0.565. The third-order valence-electron chi connectivity index (χ3n) is 7.29. The first-order valence-electron chi connectivity index (χ1n) is 11.8. The number of aromatic nitrogens is 4. The van der Waals surface area contributed by atoms with Gasteiger partial charge in [0.25, 0.3) is 12.3 Å². The number of nitrogens with one attached hydrogen (secondary N) is 1. The molecule has 0 radical (unpaired) electrons. The number of alkyl halides is 2. The molecule has 5 heterocycles. The Kier molecular flexibility index (Phi) is 5.48. The van der Waals surface area contributed by atoms with Gasteiger partial charge in [0, 0.05) is 12.7 Å². The van der Waals surface area contributed by atoms with Crippen molar-refractivity contribution in [2.24, 2.45) is 5.92 Å². The normalized spacial score (nSPS) is 26.6. The molecule has 1 amide bonds. The zero-order valence-corrected chi connectivity index (χ0v) is 19.6. The molecule has 2 atom stereocenters. The van der Waals surface area contributed by atoms with Gasteiger partial charge in [0.15, 0.2) is 11.4 Å². The van der Waals surface area contributed by atoms with E-state index in [-0.39, 0.29) is 23.5 Å². The van der Waals surface area contributed by atoms with Crippen molar-refractivity contribution in [3.63, 3.8) is 0 Å². The quantitative estimate of drug-likeness (QED) is 0.555. The van der Waals surface area contributed by atoms with Crippen molar-refractivity contribution >= 4 is 39.2 Å². The molecular weight excluding hydrogens is 462 g/mol. The maximum atomic E-state index is 13.7. The molecule has 3 aliphatic rings. The number of pyridine rings is 1. The summed E-state index contributed by atoms with van der Waals surface area (Å²) in [4.78, 5) is 20.1. The molecular formula is C23H26F2N6O2S. The number of fused-ring (bicyclic) bond motifs is 3. The molecule has 8 nitrogen and oxygen atoms in total. The predicted octanol–water partition coefficient (Wildman–Crippen LogP) is 4.81. The van der Waals surface area contributed by atoms with Gasteiger partial charge in [-0.1, -0.05) is 6.92 Å². The van der Waals surface area contributed by atoms with Gasteiger partial charge < -0.3 is 15.0 Å². The molecule has 11 heteroatoms. The van der Waals surface area contributed by atoms with Crippen LogP contribution in [0.2, 0.25) is 0 Å². The first-order valence-corrected chi connectivity index (χ1v) is 12.6. The number of anilines is 2. The van der Waals surface area contributed by atoms with Crippen molar-refractivity contribution in [1.29, 1.82) is 0 Å². The third kappa shape index (κ3) is 3.84. The number of amides is 1. The average molecular weight is 489 g/mol. The second-order valence-electron chi connectivity index (χ2n) is 9.62. The van der Waals surface area contributed by atoms with Crippen LogP contribution in [0.25, 0.3) is 10.2 Å². The Balaban J connectivity index is 1.26. The van der Waals surface area contributed by atoms with Crippen LogP contribution >= 0.6 is 11.5 Å². The summed E-state index contributed by atoms with van der Waals surface area (Å²) >= 11 is 1.17. The van der Waals surface area contributed by atoms with Crippen molar-refractivity contribution in [2.75, 3.05) is 23.4 Å². The molecule has 1 saturated carbocycles. The molecule has 3 aromatic rings. The molecule has 6 rings (SSSR count). The van der Waals surface area contributed by atoms with Gasteiger partial charge in [0.2, 0.25) is 0 Å². The Bertz CT molecular complexity index is 1220. The van der Waals surface area contributed by atoms with Crippen molar-refractivity contribution in [2.45, 2.75) is 63.6 Å². The van der Waals surface area contributed by atoms with Crippen molar-refractivity contribution < 1.29 is 18.3 Å². The number of carbonyl (C=O) groups is 1. The van der Waals surface area contributed by atoms with E-state index >= 15 is 0 Å². The van der Waals surface area contributed by atoms with E-state index in [1.165, 1.54) is 17.7 Å². The van der Waals surface area contributed by atoms with Crippen LogP contribution in [0.1, 0.15) is 67.7 Å². The fourth-order valence-corrected chi connectivity index (χ4v) is 6.06. The van der Waals surface area contributed by atoms with E-state index < -0.39 is 18.0 Å². The maximum Gasteiger partial charge on any atom is 0.284 e. The van der Waals surface area contributed by atoms with Crippen LogP contribution < -0.4 is 10.2 Å². The molecule has 2 aliphatic heterocycles. The van der Waals surface area contributed by atoms with Gasteiger partial charge in [-0.3, -0.25) is 9.48 Å². The average Bonchev–Trinajstić information content (AvgIpc) is 3.61. The van der Waals surface area contributed by atoms with E-state index in [0.29, 0.717) is 24.1 Å². The summed E-state index contributed by atoms with van der Waals surface area (Å²) in [5, 5.41) is 6.78. The van der Waals surface area contributed by atoms with E-state index in [2.05, 4.69) is 26.6 Å². The highest BCUT2D eigenvalue weighted by atomic mass is 32.1. The number of hydrogen-bond acceptors (Lipinski definition) is 7. The van der Waals surface area contributed by atoms with Gasteiger partial charge in [-0.25, -0.2) is 13.8 Å². The highest BCUT2D eigenvalue weighted by Gasteiger charge is 2.39. The largest absolute Gasteiger partial charge is 0.374 e. The van der Waals surface area contributed by atoms with Crippen LogP contribution in [-0.2, 0) is 4.74 Å². The molecule has 1 aliphatic carbocycles. The molecule has 0 aromatic carbocycles. The van der Waals surface area contributed by atoms with Gasteiger partial charge in [0.1, 0.15) is 11.3 Å². The Morgan fingerprint density at radius 2 is 2.06 bits per heavy atom. The zero-order valence-electron chi connectivity index (χ0n) is 18.8. The zero-order chi connectivity index (χ0) is 23.4. The topological polar surface area (TPSA) is 85.2 Å². The molecule has 0 spiro atoms. The molecule has 34 heavy (non-hydrogen) atoms. The Morgan fingerprint density at radius 1 is 1.24 bits per heavy atom. The smallest absolute Gasteiger partial charge is 0.284 e. The Morgan fingerprint density at radius 3 is 2.76 bits per heavy atom. The Labute approximate surface area is 199 Å². The molecule has 0 unspecified atom stereocenters. The number of ether oxygens (including phenoxy) is 1. The predicted molar refractivity (Wildman–Crippen MR) is 125 cm³/mol. The molecule has 2 saturated heterocycles. The van der Waals surface area contributed by atoms with Crippen LogP contribution in [0.15, 0.2) is 18.3 Å². The highest BCUT2D eigenvalue weighted by molar-refractivity contribution is 7.13. The third-order valence-corrected chi connectivity index (χ3v) is 8.09. The maximum absolute atomic E-state index is 13.7. The second-order valence-corrected chi connectivity index (χ2v) is 10.4. The SMILES string of the molecule is C[C@H]1CC[C@H](n2cc(NC(=O)c3nsc4ccc(N5C[C@H]6C[C@@H]5CO6)nc34)c(C(F)F)n2)CC1. The van der Waals surface area contributed by atoms with Crippen molar-refractivity contribution in [3.8, 4) is 0 Å². The van der Waals surface area contributed by atoms with Crippen LogP contribution in [0.3, 0.4) is 0 Å². The van der Waals surface area contributed by atoms with Crippen LogP contribution in [0, 0.1) is 5.92 Å². The summed E-state index contributed by atoms with van der Waals surface area (Å²) < 4.78 is 39.8. The summed E-state index contributed by atoms with van der Waals surface area (Å²) in [6.07, 6.45) is 3.83. The standard InChI is InChI=1S/C23H26F2N6O2S/c1-12-2-4-13(5-3-12)31-10-16(19(28-31)22(24)25)26-23(32)21-20-17(34-29-21)6-7-18(27-20)30-9-15-8-14(30)11-33-15/h6-7,10,12-15,22H,2-5,8-9,11H2,1H3,(H,26,32)/t12-,13-,14-,15-/m1/s1. The van der Waals surface area contributed by atoms with Crippen LogP contribution in [0.5, 0.6) is 0 Å². The molecule has 180 valence electrons. The molecule has 2 bridgehead atoms. The van der Waals surface area contributed by atoms with Gasteiger partial charge in [0.05, 0.1) is 35.2 Å². The van der Waals surface area contributed by atoms with E-state index in [1.54, 1.807) is 4.68 Å². The lowest BCUT2D eigenvalue weighted by atomic mass is 9.87. The van der Waals surface area contributed by atoms with Gasteiger partial charge in [-0.15, -0.1) is 0 Å². The van der Waals surface area contributed by atoms with Crippen molar-refractivity contribution in [1.82, 2.24) is 19.1 Å². The second kappa shape index (κ2) is 8.53. The minimum atomic E-state index is -2.79. The van der Waals surface area contributed by atoms with Crippen molar-refractivity contribution in [3.05, 3.63) is 29.7 Å². The van der Waals surface area contributed by atoms with E-state index in [0.717, 1.165) is 49.2 Å². The summed E-state index contributed by atoms with van der Waals surface area (Å²) in [5.41, 5.74) is 0.246. The number of halogens is 2. The number of nitrogens with zero attached hydrogens (tertiary/aromatic N) is 5. The van der Waals surface area contributed by atoms with Crippen LogP contribution in [0.4, 0.5) is 20.3 Å². The van der Waals surface area contributed by atoms with Gasteiger partial charge >= 0.3 is 0 Å². The highest BCUT2D eigenvalue weighted by Crippen LogP contribution is 2.36. The van der Waals surface area contributed by atoms with E-state index in [9.17, 15) is 13.6 Å². The number of morpholine rings is 1. The summed E-state index contributed by atoms with van der Waals surface area (Å²) in [6, 6.07) is 4.21. The van der Waals surface area contributed by atoms with E-state index in [4.69, 9.17) is 9.72 Å². The summed E-state index contributed by atoms with van der Waals surface area (Å²) in [7, 11) is 0. The number of hydrogen-bond donors (Lipinski definition) is 1. The van der Waals surface area contributed by atoms with Gasteiger partial charge in [-0.05, 0) is 61.7 Å². The number of carbonyl (C=O) groups excluding carboxylic acids is 1. The minimum Gasteiger partial charge on any atom is -0.374 e. The Hall–Kier alpha value is -2.66. The first-order chi connectivity index (χ1) is 16.5. The lowest BCUT2D eigenvalue weighted by molar-refractivity contribution is 0.0988. The van der Waals surface area contributed by atoms with Crippen LogP contribution in [-0.4, -0.2) is 50.3 Å². The lowest BCUT2D eigenvalue weighted by Crippen LogP contribution is -2.37. The molecule has 1 N–H and O–H groups in total. The van der Waals surface area contributed by atoms with E-state index in [1.807, 2.05) is 12.1 Å².